The van der Waals surface area contributed by atoms with E-state index in [4.69, 9.17) is 0 Å². The molecule has 0 saturated heterocycles. The molecule has 0 aromatic heterocycles. The molecule has 0 unspecified atom stereocenters. The predicted octanol–water partition coefficient (Wildman–Crippen LogP) is 3.72. The molecule has 0 bridgehead atoms. The minimum Gasteiger partial charge on any atom is -0.352 e. The number of carbonyl (C=O) groups excluding carboxylic acids is 2. The molecule has 0 atom stereocenters. The molecular formula is C19H18F4N2O2. The molecule has 0 heterocycles. The molecule has 8 heteroatoms. The number of hydrogen-bond donors (Lipinski definition) is 1. The molecule has 0 radical (unpaired) electrons. The first kappa shape index (κ1) is 20.4. The number of nitrogens with zero attached hydrogens (tertiary/aromatic N) is 1. The highest BCUT2D eigenvalue weighted by atomic mass is 19.4. The Kier molecular flexibility index (Phi) is 6.20. The second-order valence-electron chi connectivity index (χ2n) is 6.06. The van der Waals surface area contributed by atoms with E-state index in [9.17, 15) is 27.2 Å². The van der Waals surface area contributed by atoms with Crippen molar-refractivity contribution in [3.05, 3.63) is 59.4 Å². The summed E-state index contributed by atoms with van der Waals surface area (Å²) in [5.74, 6) is -1.38. The van der Waals surface area contributed by atoms with Gasteiger partial charge in [-0.3, -0.25) is 9.59 Å². The van der Waals surface area contributed by atoms with Crippen molar-refractivity contribution in [3.8, 4) is 11.1 Å². The van der Waals surface area contributed by atoms with Gasteiger partial charge in [-0.25, -0.2) is 4.39 Å². The van der Waals surface area contributed by atoms with E-state index in [1.807, 2.05) is 0 Å². The molecule has 2 rings (SSSR count). The van der Waals surface area contributed by atoms with Crippen LogP contribution >= 0.6 is 0 Å². The molecule has 0 saturated carbocycles. The lowest BCUT2D eigenvalue weighted by atomic mass is 9.98. The summed E-state index contributed by atoms with van der Waals surface area (Å²) in [6.45, 7) is 0.139. The van der Waals surface area contributed by atoms with E-state index in [0.29, 0.717) is 6.07 Å². The smallest absolute Gasteiger partial charge is 0.352 e. The first-order valence-corrected chi connectivity index (χ1v) is 8.05. The van der Waals surface area contributed by atoms with Crippen molar-refractivity contribution >= 4 is 11.8 Å². The number of alkyl halides is 3. The van der Waals surface area contributed by atoms with Crippen LogP contribution in [0.2, 0.25) is 0 Å². The van der Waals surface area contributed by atoms with Crippen molar-refractivity contribution < 1.29 is 27.2 Å². The summed E-state index contributed by atoms with van der Waals surface area (Å²) in [4.78, 5) is 24.9. The zero-order chi connectivity index (χ0) is 20.2. The molecule has 27 heavy (non-hydrogen) atoms. The molecule has 2 aromatic rings. The highest BCUT2D eigenvalue weighted by molar-refractivity contribution is 5.95. The van der Waals surface area contributed by atoms with Crippen LogP contribution in [0.1, 0.15) is 22.3 Å². The van der Waals surface area contributed by atoms with Crippen LogP contribution in [0, 0.1) is 5.82 Å². The molecule has 0 aliphatic rings. The molecule has 1 N–H and O–H groups in total. The van der Waals surface area contributed by atoms with Gasteiger partial charge in [0.05, 0.1) is 5.56 Å². The zero-order valence-electron chi connectivity index (χ0n) is 14.7. The van der Waals surface area contributed by atoms with Gasteiger partial charge >= 0.3 is 6.18 Å². The van der Waals surface area contributed by atoms with Crippen molar-refractivity contribution in [3.63, 3.8) is 0 Å². The zero-order valence-corrected chi connectivity index (χ0v) is 14.7. The summed E-state index contributed by atoms with van der Waals surface area (Å²) in [7, 11) is 3.20. The first-order valence-electron chi connectivity index (χ1n) is 8.05. The Morgan fingerprint density at radius 1 is 1.04 bits per heavy atom. The Bertz CT molecular complexity index is 831. The van der Waals surface area contributed by atoms with E-state index in [0.717, 1.165) is 12.1 Å². The van der Waals surface area contributed by atoms with Crippen LogP contribution in [0.3, 0.4) is 0 Å². The number of amides is 2. The Morgan fingerprint density at radius 3 is 2.22 bits per heavy atom. The number of hydrogen-bond acceptors (Lipinski definition) is 2. The van der Waals surface area contributed by atoms with Gasteiger partial charge in [0.1, 0.15) is 5.82 Å². The highest BCUT2D eigenvalue weighted by Gasteiger charge is 2.33. The van der Waals surface area contributed by atoms with Gasteiger partial charge in [0.25, 0.3) is 5.91 Å². The molecule has 2 amide bonds. The van der Waals surface area contributed by atoms with Crippen LogP contribution < -0.4 is 5.32 Å². The van der Waals surface area contributed by atoms with Gasteiger partial charge < -0.3 is 10.2 Å². The third-order valence-electron chi connectivity index (χ3n) is 3.87. The maximum Gasteiger partial charge on any atom is 0.417 e. The fraction of sp³-hybridized carbons (Fsp3) is 0.263. The lowest BCUT2D eigenvalue weighted by molar-refractivity contribution is -0.137. The highest BCUT2D eigenvalue weighted by Crippen LogP contribution is 2.37. The minimum atomic E-state index is -4.63. The van der Waals surface area contributed by atoms with Crippen LogP contribution in [-0.4, -0.2) is 37.4 Å². The Labute approximate surface area is 153 Å². The fourth-order valence-corrected chi connectivity index (χ4v) is 2.41. The van der Waals surface area contributed by atoms with Gasteiger partial charge in [-0.1, -0.05) is 12.1 Å². The largest absolute Gasteiger partial charge is 0.417 e. The van der Waals surface area contributed by atoms with Crippen molar-refractivity contribution in [2.24, 2.45) is 0 Å². The van der Waals surface area contributed by atoms with Gasteiger partial charge in [-0.2, -0.15) is 13.2 Å². The number of nitrogens with one attached hydrogen (secondary N) is 1. The number of benzene rings is 2. The summed E-state index contributed by atoms with van der Waals surface area (Å²) < 4.78 is 52.8. The molecule has 144 valence electrons. The maximum atomic E-state index is 13.4. The standard InChI is InChI=1S/C19H18F4N2O2/c1-25(2)17(26)9-10-24-18(27)13-5-3-12(4-6-13)15-11-14(20)7-8-16(15)19(21,22)23/h3-8,11H,9-10H2,1-2H3,(H,24,27). The topological polar surface area (TPSA) is 49.4 Å². The molecule has 0 aliphatic heterocycles. The van der Waals surface area contributed by atoms with Crippen molar-refractivity contribution in [2.75, 3.05) is 20.6 Å². The van der Waals surface area contributed by atoms with E-state index in [1.54, 1.807) is 14.1 Å². The van der Waals surface area contributed by atoms with Crippen molar-refractivity contribution in [1.82, 2.24) is 10.2 Å². The van der Waals surface area contributed by atoms with Crippen LogP contribution in [0.4, 0.5) is 17.6 Å². The van der Waals surface area contributed by atoms with E-state index in [1.165, 1.54) is 29.2 Å². The van der Waals surface area contributed by atoms with Gasteiger partial charge in [-0.05, 0) is 41.5 Å². The van der Waals surface area contributed by atoms with Crippen molar-refractivity contribution in [1.29, 1.82) is 0 Å². The Morgan fingerprint density at radius 2 is 1.67 bits per heavy atom. The van der Waals surface area contributed by atoms with Gasteiger partial charge in [0.2, 0.25) is 5.91 Å². The first-order chi connectivity index (χ1) is 12.6. The van der Waals surface area contributed by atoms with Crippen LogP contribution in [0.15, 0.2) is 42.5 Å². The molecule has 0 fully saturated rings. The average molecular weight is 382 g/mol. The van der Waals surface area contributed by atoms with Gasteiger partial charge in [0.15, 0.2) is 0 Å². The summed E-state index contributed by atoms with van der Waals surface area (Å²) in [6.07, 6.45) is -4.49. The van der Waals surface area contributed by atoms with Crippen LogP contribution in [0.5, 0.6) is 0 Å². The third kappa shape index (κ3) is 5.29. The Hall–Kier alpha value is -2.90. The quantitative estimate of drug-likeness (QED) is 0.802. The fourth-order valence-electron chi connectivity index (χ4n) is 2.41. The summed E-state index contributed by atoms with van der Waals surface area (Å²) in [5, 5.41) is 2.56. The van der Waals surface area contributed by atoms with Gasteiger partial charge in [-0.15, -0.1) is 0 Å². The van der Waals surface area contributed by atoms with E-state index in [2.05, 4.69) is 5.32 Å². The van der Waals surface area contributed by atoms with E-state index >= 15 is 0 Å². The number of halogens is 4. The lowest BCUT2D eigenvalue weighted by Gasteiger charge is -2.13. The van der Waals surface area contributed by atoms with E-state index < -0.39 is 23.5 Å². The van der Waals surface area contributed by atoms with Crippen LogP contribution in [-0.2, 0) is 11.0 Å². The molecule has 2 aromatic carbocycles. The second-order valence-corrected chi connectivity index (χ2v) is 6.06. The third-order valence-corrected chi connectivity index (χ3v) is 3.87. The SMILES string of the molecule is CN(C)C(=O)CCNC(=O)c1ccc(-c2cc(F)ccc2C(F)(F)F)cc1. The number of carbonyl (C=O) groups is 2. The van der Waals surface area contributed by atoms with Crippen LogP contribution in [0.25, 0.3) is 11.1 Å². The summed E-state index contributed by atoms with van der Waals surface area (Å²) in [6, 6.07) is 7.60. The predicted molar refractivity (Wildman–Crippen MR) is 92.5 cm³/mol. The monoisotopic (exact) mass is 382 g/mol. The van der Waals surface area contributed by atoms with E-state index in [-0.39, 0.29) is 35.6 Å². The maximum absolute atomic E-state index is 13.4. The second kappa shape index (κ2) is 8.20. The molecule has 0 aliphatic carbocycles. The minimum absolute atomic E-state index is 0.134. The summed E-state index contributed by atoms with van der Waals surface area (Å²) >= 11 is 0. The number of rotatable bonds is 5. The molecular weight excluding hydrogens is 364 g/mol. The molecule has 0 spiro atoms. The lowest BCUT2D eigenvalue weighted by Crippen LogP contribution is -2.30. The Balaban J connectivity index is 2.15. The average Bonchev–Trinajstić information content (AvgIpc) is 2.60. The van der Waals surface area contributed by atoms with Gasteiger partial charge in [0, 0.05) is 32.6 Å². The van der Waals surface area contributed by atoms with Crippen molar-refractivity contribution in [2.45, 2.75) is 12.6 Å². The normalized spacial score (nSPS) is 11.2. The summed E-state index contributed by atoms with van der Waals surface area (Å²) in [5.41, 5.74) is -0.892. The molecule has 4 nitrogen and oxygen atoms in total.